The lowest BCUT2D eigenvalue weighted by molar-refractivity contribution is 0.0900. The van der Waals surface area contributed by atoms with Crippen molar-refractivity contribution in [2.24, 2.45) is 0 Å². The molecular formula is C15H22N4O. The molecule has 3 rings (SSSR count). The summed E-state index contributed by atoms with van der Waals surface area (Å²) in [4.78, 5) is 21.7. The fourth-order valence-corrected chi connectivity index (χ4v) is 3.12. The molecule has 0 aliphatic carbocycles. The number of pyridine rings is 1. The summed E-state index contributed by atoms with van der Waals surface area (Å²) in [6, 6.07) is 4.13. The lowest BCUT2D eigenvalue weighted by Gasteiger charge is -2.41. The summed E-state index contributed by atoms with van der Waals surface area (Å²) in [7, 11) is 0. The molecule has 5 nitrogen and oxygen atoms in total. The Labute approximate surface area is 118 Å². The van der Waals surface area contributed by atoms with Crippen LogP contribution in [0.2, 0.25) is 0 Å². The van der Waals surface area contributed by atoms with Crippen LogP contribution in [0, 0.1) is 0 Å². The van der Waals surface area contributed by atoms with Gasteiger partial charge in [-0.2, -0.15) is 0 Å². The van der Waals surface area contributed by atoms with Gasteiger partial charge in [0.2, 0.25) is 0 Å². The van der Waals surface area contributed by atoms with Gasteiger partial charge < -0.3 is 0 Å². The van der Waals surface area contributed by atoms with Gasteiger partial charge in [-0.3, -0.25) is 14.5 Å². The smallest absolute Gasteiger partial charge is 0.298 e. The molecule has 20 heavy (non-hydrogen) atoms. The Morgan fingerprint density at radius 1 is 1.30 bits per heavy atom. The van der Waals surface area contributed by atoms with Crippen LogP contribution in [-0.4, -0.2) is 38.1 Å². The molecule has 0 radical (unpaired) electrons. The molecule has 0 bridgehead atoms. The first-order valence-electron chi connectivity index (χ1n) is 7.27. The molecule has 2 aromatic heterocycles. The number of aromatic amines is 1. The van der Waals surface area contributed by atoms with Crippen LogP contribution < -0.4 is 5.69 Å². The SMILES string of the molecule is CC(C)(C)N1CCC(n2c(=O)[nH]c3ncccc32)CC1. The first-order valence-corrected chi connectivity index (χ1v) is 7.27. The average molecular weight is 274 g/mol. The van der Waals surface area contributed by atoms with E-state index in [0.717, 1.165) is 31.4 Å². The van der Waals surface area contributed by atoms with Crippen molar-refractivity contribution in [2.45, 2.75) is 45.2 Å². The summed E-state index contributed by atoms with van der Waals surface area (Å²) < 4.78 is 1.89. The number of likely N-dealkylation sites (tertiary alicyclic amines) is 1. The molecule has 108 valence electrons. The predicted molar refractivity (Wildman–Crippen MR) is 80.0 cm³/mol. The molecule has 1 aliphatic rings. The van der Waals surface area contributed by atoms with Gasteiger partial charge in [0.1, 0.15) is 0 Å². The van der Waals surface area contributed by atoms with Gasteiger partial charge in [-0.25, -0.2) is 9.78 Å². The maximum absolute atomic E-state index is 12.2. The van der Waals surface area contributed by atoms with Crippen molar-refractivity contribution in [3.63, 3.8) is 0 Å². The van der Waals surface area contributed by atoms with E-state index in [4.69, 9.17) is 0 Å². The van der Waals surface area contributed by atoms with Crippen molar-refractivity contribution >= 4 is 11.2 Å². The largest absolute Gasteiger partial charge is 0.327 e. The number of H-pyrrole nitrogens is 1. The van der Waals surface area contributed by atoms with Crippen LogP contribution in [0.3, 0.4) is 0 Å². The van der Waals surface area contributed by atoms with Crippen molar-refractivity contribution < 1.29 is 0 Å². The predicted octanol–water partition coefficient (Wildman–Crippen LogP) is 2.16. The van der Waals surface area contributed by atoms with E-state index in [-0.39, 0.29) is 17.3 Å². The number of hydrogen-bond acceptors (Lipinski definition) is 3. The number of nitrogens with one attached hydrogen (secondary N) is 1. The van der Waals surface area contributed by atoms with E-state index >= 15 is 0 Å². The molecular weight excluding hydrogens is 252 g/mol. The van der Waals surface area contributed by atoms with E-state index < -0.39 is 0 Å². The molecule has 1 saturated heterocycles. The molecule has 1 fully saturated rings. The Balaban J connectivity index is 1.87. The highest BCUT2D eigenvalue weighted by Crippen LogP contribution is 2.27. The van der Waals surface area contributed by atoms with Crippen molar-refractivity contribution in [2.75, 3.05) is 13.1 Å². The van der Waals surface area contributed by atoms with Crippen LogP contribution in [0.25, 0.3) is 11.2 Å². The summed E-state index contributed by atoms with van der Waals surface area (Å²) in [5.41, 5.74) is 1.79. The zero-order chi connectivity index (χ0) is 14.3. The van der Waals surface area contributed by atoms with Crippen LogP contribution in [0.15, 0.2) is 23.1 Å². The highest BCUT2D eigenvalue weighted by atomic mass is 16.1. The number of nitrogens with zero attached hydrogens (tertiary/aromatic N) is 3. The minimum atomic E-state index is -0.0343. The van der Waals surface area contributed by atoms with Crippen molar-refractivity contribution in [3.05, 3.63) is 28.8 Å². The molecule has 0 aromatic carbocycles. The fourth-order valence-electron chi connectivity index (χ4n) is 3.12. The maximum atomic E-state index is 12.2. The molecule has 1 N–H and O–H groups in total. The Morgan fingerprint density at radius 2 is 2.00 bits per heavy atom. The van der Waals surface area contributed by atoms with Crippen LogP contribution in [0.5, 0.6) is 0 Å². The molecule has 1 aliphatic heterocycles. The monoisotopic (exact) mass is 274 g/mol. The fraction of sp³-hybridized carbons (Fsp3) is 0.600. The van der Waals surface area contributed by atoms with Gasteiger partial charge in [0.25, 0.3) is 0 Å². The Morgan fingerprint density at radius 3 is 2.65 bits per heavy atom. The Bertz CT molecular complexity index is 656. The highest BCUT2D eigenvalue weighted by molar-refractivity contribution is 5.70. The lowest BCUT2D eigenvalue weighted by Crippen LogP contribution is -2.47. The topological polar surface area (TPSA) is 53.9 Å². The van der Waals surface area contributed by atoms with Gasteiger partial charge in [0.05, 0.1) is 5.52 Å². The highest BCUT2D eigenvalue weighted by Gasteiger charge is 2.29. The van der Waals surface area contributed by atoms with E-state index in [1.165, 1.54) is 0 Å². The van der Waals surface area contributed by atoms with Gasteiger partial charge in [-0.05, 0) is 45.7 Å². The summed E-state index contributed by atoms with van der Waals surface area (Å²) in [6.45, 7) is 8.81. The van der Waals surface area contributed by atoms with Gasteiger partial charge in [-0.15, -0.1) is 0 Å². The summed E-state index contributed by atoms with van der Waals surface area (Å²) in [5.74, 6) is 0. The second kappa shape index (κ2) is 4.74. The second-order valence-corrected chi connectivity index (χ2v) is 6.56. The van der Waals surface area contributed by atoms with E-state index in [1.54, 1.807) is 6.20 Å². The average Bonchev–Trinajstić information content (AvgIpc) is 2.73. The van der Waals surface area contributed by atoms with Crippen LogP contribution in [0.1, 0.15) is 39.7 Å². The van der Waals surface area contributed by atoms with Crippen molar-refractivity contribution in [1.29, 1.82) is 0 Å². The Kier molecular flexibility index (Phi) is 3.17. The number of imidazole rings is 1. The van der Waals surface area contributed by atoms with E-state index in [1.807, 2.05) is 16.7 Å². The summed E-state index contributed by atoms with van der Waals surface area (Å²) >= 11 is 0. The molecule has 0 spiro atoms. The van der Waals surface area contributed by atoms with Gasteiger partial charge >= 0.3 is 5.69 Å². The number of fused-ring (bicyclic) bond motifs is 1. The first kappa shape index (κ1) is 13.4. The lowest BCUT2D eigenvalue weighted by atomic mass is 9.98. The molecule has 0 amide bonds. The van der Waals surface area contributed by atoms with E-state index in [0.29, 0.717) is 5.65 Å². The quantitative estimate of drug-likeness (QED) is 0.867. The third-order valence-corrected chi connectivity index (χ3v) is 4.27. The number of piperidine rings is 1. The molecule has 5 heteroatoms. The normalized spacial score (nSPS) is 18.8. The van der Waals surface area contributed by atoms with E-state index in [9.17, 15) is 4.79 Å². The number of hydrogen-bond donors (Lipinski definition) is 1. The summed E-state index contributed by atoms with van der Waals surface area (Å²) in [5, 5.41) is 0. The van der Waals surface area contributed by atoms with Crippen molar-refractivity contribution in [1.82, 2.24) is 19.4 Å². The standard InChI is InChI=1S/C15H22N4O/c1-15(2,3)18-9-6-11(7-10-18)19-12-5-4-8-16-13(12)17-14(19)20/h4-5,8,11H,6-7,9-10H2,1-3H3,(H,16,17,20). The molecule has 0 saturated carbocycles. The van der Waals surface area contributed by atoms with Crippen molar-refractivity contribution in [3.8, 4) is 0 Å². The molecule has 3 heterocycles. The van der Waals surface area contributed by atoms with Gasteiger partial charge in [-0.1, -0.05) is 0 Å². The first-order chi connectivity index (χ1) is 9.47. The maximum Gasteiger partial charge on any atom is 0.327 e. The third-order valence-electron chi connectivity index (χ3n) is 4.27. The minimum absolute atomic E-state index is 0.0343. The van der Waals surface area contributed by atoms with Crippen LogP contribution >= 0.6 is 0 Å². The zero-order valence-electron chi connectivity index (χ0n) is 12.4. The second-order valence-electron chi connectivity index (χ2n) is 6.56. The van der Waals surface area contributed by atoms with Crippen LogP contribution in [0.4, 0.5) is 0 Å². The van der Waals surface area contributed by atoms with Gasteiger partial charge in [0.15, 0.2) is 5.65 Å². The minimum Gasteiger partial charge on any atom is -0.298 e. The number of aromatic nitrogens is 3. The summed E-state index contributed by atoms with van der Waals surface area (Å²) in [6.07, 6.45) is 3.74. The third kappa shape index (κ3) is 2.26. The van der Waals surface area contributed by atoms with E-state index in [2.05, 4.69) is 35.6 Å². The molecule has 2 aromatic rings. The number of rotatable bonds is 1. The zero-order valence-corrected chi connectivity index (χ0v) is 12.4. The van der Waals surface area contributed by atoms with Crippen LogP contribution in [-0.2, 0) is 0 Å². The van der Waals surface area contributed by atoms with Gasteiger partial charge in [0, 0.05) is 30.9 Å². The Hall–Kier alpha value is -1.62. The molecule has 0 unspecified atom stereocenters. The molecule has 0 atom stereocenters.